The largest absolute Gasteiger partial charge is 0.456 e. The van der Waals surface area contributed by atoms with E-state index in [1.807, 2.05) is 6.07 Å². The lowest BCUT2D eigenvalue weighted by Gasteiger charge is -2.27. The Labute approximate surface area is 372 Å². The molecule has 10 aromatic carbocycles. The van der Waals surface area contributed by atoms with Gasteiger partial charge in [0.2, 0.25) is 5.96 Å². The second-order valence-electron chi connectivity index (χ2n) is 17.0. The minimum Gasteiger partial charge on any atom is -0.456 e. The predicted octanol–water partition coefficient (Wildman–Crippen LogP) is 14.7. The van der Waals surface area contributed by atoms with Crippen LogP contribution in [0.25, 0.3) is 104 Å². The molecular weight excluding hydrogens is 795 g/mol. The van der Waals surface area contributed by atoms with Gasteiger partial charge in [-0.2, -0.15) is 4.99 Å². The second kappa shape index (κ2) is 13.9. The lowest BCUT2D eigenvalue weighted by Crippen LogP contribution is -2.38. The van der Waals surface area contributed by atoms with E-state index in [0.717, 1.165) is 82.7 Å². The Bertz CT molecular complexity index is 4020. The van der Waals surface area contributed by atoms with Gasteiger partial charge in [-0.05, 0) is 93.3 Å². The van der Waals surface area contributed by atoms with Crippen LogP contribution in [0.15, 0.2) is 227 Å². The molecule has 0 saturated heterocycles. The molecule has 0 saturated carbocycles. The van der Waals surface area contributed by atoms with Gasteiger partial charge in [-0.3, -0.25) is 4.57 Å². The fourth-order valence-electron chi connectivity index (χ4n) is 10.4. The van der Waals surface area contributed by atoms with E-state index in [-0.39, 0.29) is 0 Å². The van der Waals surface area contributed by atoms with Crippen LogP contribution in [0.2, 0.25) is 0 Å². The summed E-state index contributed by atoms with van der Waals surface area (Å²) in [6.07, 6.45) is -0.634. The molecule has 0 bridgehead atoms. The quantitative estimate of drug-likeness (QED) is 0.192. The first-order valence-corrected chi connectivity index (χ1v) is 22.1. The van der Waals surface area contributed by atoms with Gasteiger partial charge in [0.25, 0.3) is 0 Å². The first-order valence-electron chi connectivity index (χ1n) is 22.1. The zero-order chi connectivity index (χ0) is 42.6. The van der Waals surface area contributed by atoms with E-state index in [1.165, 1.54) is 32.3 Å². The third-order valence-electron chi connectivity index (χ3n) is 13.3. The van der Waals surface area contributed by atoms with Gasteiger partial charge in [0.15, 0.2) is 12.0 Å². The molecule has 0 fully saturated rings. The van der Waals surface area contributed by atoms with Crippen LogP contribution in [0.5, 0.6) is 0 Å². The fraction of sp³-hybridized carbons (Fsp3) is 0.0169. The predicted molar refractivity (Wildman–Crippen MR) is 270 cm³/mol. The maximum absolute atomic E-state index is 7.06. The van der Waals surface area contributed by atoms with Crippen molar-refractivity contribution in [2.45, 2.75) is 6.17 Å². The average Bonchev–Trinajstić information content (AvgIpc) is 4.02. The van der Waals surface area contributed by atoms with E-state index in [0.29, 0.717) is 11.8 Å². The highest BCUT2D eigenvalue weighted by atomic mass is 16.3. The molecule has 3 aromatic heterocycles. The topological polar surface area (TPSA) is 59.8 Å². The number of rotatable bonds is 4. The number of nitrogens with zero attached hydrogens (tertiary/aromatic N) is 4. The SMILES string of the molecule is c1ccc(-c2cccc(C3=NC(c4c(-n5c6cc7ccccc7cc6c6cc7ccccc7cc65)ccc5c4oc4ccccc45)NC(n4c5ccccc5c5ccccc54)=N3)c2)cc1. The molecular formula is C59H37N5O. The summed E-state index contributed by atoms with van der Waals surface area (Å²) in [5.74, 6) is 1.31. The Morgan fingerprint density at radius 2 is 0.954 bits per heavy atom. The molecule has 1 N–H and O–H groups in total. The van der Waals surface area contributed by atoms with E-state index in [2.05, 4.69) is 221 Å². The summed E-state index contributed by atoms with van der Waals surface area (Å²) in [4.78, 5) is 11.1. The standard InChI is InChI=1S/C59H37N5O/c1-2-15-36(16-3-1)37-21-14-22-42(31-37)57-60-58(62-59(61-57)64-49-26-11-8-23-43(49)44-24-9-12-27-50(44)64)55-51(30-29-46-45-25-10-13-28-54(45)65-56(46)55)63-52-34-40-19-6-4-17-38(40)32-47(52)48-33-39-18-5-7-20-41(39)35-53(48)63/h1-35,58H,(H,60,61,62). The van der Waals surface area contributed by atoms with Crippen molar-refractivity contribution in [2.24, 2.45) is 9.98 Å². The van der Waals surface area contributed by atoms with Gasteiger partial charge in [0, 0.05) is 37.9 Å². The van der Waals surface area contributed by atoms with Crippen LogP contribution < -0.4 is 5.32 Å². The van der Waals surface area contributed by atoms with Gasteiger partial charge < -0.3 is 14.3 Å². The second-order valence-corrected chi connectivity index (χ2v) is 17.0. The van der Waals surface area contributed by atoms with E-state index in [9.17, 15) is 0 Å². The Hall–Kier alpha value is -8.74. The van der Waals surface area contributed by atoms with Crippen LogP contribution in [0.3, 0.4) is 0 Å². The third-order valence-corrected chi connectivity index (χ3v) is 13.3. The molecule has 6 heteroatoms. The lowest BCUT2D eigenvalue weighted by atomic mass is 10.0. The molecule has 0 radical (unpaired) electrons. The molecule has 4 heterocycles. The van der Waals surface area contributed by atoms with Crippen LogP contribution in [-0.4, -0.2) is 20.9 Å². The molecule has 0 spiro atoms. The smallest absolute Gasteiger partial charge is 0.211 e. The van der Waals surface area contributed by atoms with E-state index < -0.39 is 6.17 Å². The van der Waals surface area contributed by atoms with Crippen LogP contribution in [0, 0.1) is 0 Å². The van der Waals surface area contributed by atoms with Gasteiger partial charge in [-0.25, -0.2) is 4.99 Å². The van der Waals surface area contributed by atoms with Gasteiger partial charge in [-0.1, -0.05) is 152 Å². The number of aromatic nitrogens is 2. The summed E-state index contributed by atoms with van der Waals surface area (Å²) in [7, 11) is 0. The van der Waals surface area contributed by atoms with E-state index in [4.69, 9.17) is 14.4 Å². The molecule has 6 nitrogen and oxygen atoms in total. The van der Waals surface area contributed by atoms with Crippen molar-refractivity contribution < 1.29 is 4.42 Å². The zero-order valence-corrected chi connectivity index (χ0v) is 35.0. The summed E-state index contributed by atoms with van der Waals surface area (Å²) in [5, 5.41) is 15.5. The fourth-order valence-corrected chi connectivity index (χ4v) is 10.4. The third kappa shape index (κ3) is 5.47. The number of hydrogen-bond acceptors (Lipinski definition) is 4. The van der Waals surface area contributed by atoms with E-state index >= 15 is 0 Å². The highest BCUT2D eigenvalue weighted by molar-refractivity contribution is 6.19. The molecule has 304 valence electrons. The van der Waals surface area contributed by atoms with Crippen molar-refractivity contribution in [3.8, 4) is 16.8 Å². The van der Waals surface area contributed by atoms with Crippen LogP contribution in [0.1, 0.15) is 17.3 Å². The number of furan rings is 1. The maximum Gasteiger partial charge on any atom is 0.211 e. The van der Waals surface area contributed by atoms with Crippen LogP contribution in [0.4, 0.5) is 0 Å². The number of fused-ring (bicyclic) bond motifs is 11. The Morgan fingerprint density at radius 3 is 1.63 bits per heavy atom. The highest BCUT2D eigenvalue weighted by Crippen LogP contribution is 2.43. The normalized spacial score (nSPS) is 14.3. The molecule has 1 unspecified atom stereocenters. The van der Waals surface area contributed by atoms with Gasteiger partial charge in [0.05, 0.1) is 33.3 Å². The highest BCUT2D eigenvalue weighted by Gasteiger charge is 2.31. The van der Waals surface area contributed by atoms with Crippen LogP contribution >= 0.6 is 0 Å². The number of amidine groups is 1. The van der Waals surface area contributed by atoms with Crippen molar-refractivity contribution in [3.63, 3.8) is 0 Å². The minimum atomic E-state index is -0.634. The first-order chi connectivity index (χ1) is 32.2. The number of para-hydroxylation sites is 3. The molecule has 65 heavy (non-hydrogen) atoms. The van der Waals surface area contributed by atoms with Crippen molar-refractivity contribution >= 4 is 98.9 Å². The molecule has 1 atom stereocenters. The van der Waals surface area contributed by atoms with Crippen molar-refractivity contribution in [1.82, 2.24) is 14.5 Å². The summed E-state index contributed by atoms with van der Waals surface area (Å²) in [5.41, 5.74) is 11.0. The van der Waals surface area contributed by atoms with E-state index in [1.54, 1.807) is 0 Å². The molecule has 13 aromatic rings. The zero-order valence-electron chi connectivity index (χ0n) is 35.0. The number of benzene rings is 10. The lowest BCUT2D eigenvalue weighted by molar-refractivity contribution is 0.621. The maximum atomic E-state index is 7.06. The summed E-state index contributed by atoms with van der Waals surface area (Å²) in [6, 6.07) is 75.7. The monoisotopic (exact) mass is 831 g/mol. The Balaban J connectivity index is 1.09. The molecule has 14 rings (SSSR count). The van der Waals surface area contributed by atoms with Gasteiger partial charge in [-0.15, -0.1) is 0 Å². The summed E-state index contributed by atoms with van der Waals surface area (Å²) >= 11 is 0. The first kappa shape index (κ1) is 35.8. The van der Waals surface area contributed by atoms with Crippen LogP contribution in [-0.2, 0) is 0 Å². The van der Waals surface area contributed by atoms with Gasteiger partial charge >= 0.3 is 0 Å². The van der Waals surface area contributed by atoms with Crippen molar-refractivity contribution in [3.05, 3.63) is 223 Å². The number of hydrogen-bond donors (Lipinski definition) is 1. The molecule has 0 aliphatic carbocycles. The van der Waals surface area contributed by atoms with Crippen molar-refractivity contribution in [2.75, 3.05) is 0 Å². The number of aliphatic imine (C=N–C) groups is 2. The summed E-state index contributed by atoms with van der Waals surface area (Å²) in [6.45, 7) is 0. The van der Waals surface area contributed by atoms with Crippen molar-refractivity contribution in [1.29, 1.82) is 0 Å². The molecule has 1 aliphatic heterocycles. The average molecular weight is 832 g/mol. The molecule has 0 amide bonds. The minimum absolute atomic E-state index is 0.627. The molecule has 1 aliphatic rings. The number of nitrogens with one attached hydrogen (secondary N) is 1. The summed E-state index contributed by atoms with van der Waals surface area (Å²) < 4.78 is 11.7. The Kier molecular flexibility index (Phi) is 7.65. The van der Waals surface area contributed by atoms with Gasteiger partial charge in [0.1, 0.15) is 11.2 Å². The Morgan fingerprint density at radius 1 is 0.400 bits per heavy atom.